The van der Waals surface area contributed by atoms with E-state index in [0.29, 0.717) is 36.9 Å². The Balaban J connectivity index is 1.62. The summed E-state index contributed by atoms with van der Waals surface area (Å²) >= 11 is 0. The monoisotopic (exact) mass is 334 g/mol. The highest BCUT2D eigenvalue weighted by Gasteiger charge is 2.33. The van der Waals surface area contributed by atoms with Gasteiger partial charge in [-0.1, -0.05) is 0 Å². The maximum Gasteiger partial charge on any atom is 0.282 e. The molecule has 0 aliphatic carbocycles. The molecule has 3 rings (SSSR count). The van der Waals surface area contributed by atoms with Crippen molar-refractivity contribution >= 4 is 17.5 Å². The van der Waals surface area contributed by atoms with E-state index in [1.54, 1.807) is 18.2 Å². The summed E-state index contributed by atoms with van der Waals surface area (Å²) < 4.78 is 11.0. The lowest BCUT2D eigenvalue weighted by Crippen LogP contribution is -3.18. The number of primary amides is 1. The van der Waals surface area contributed by atoms with Crippen molar-refractivity contribution in [1.29, 1.82) is 0 Å². The molecule has 0 bridgehead atoms. The van der Waals surface area contributed by atoms with Crippen LogP contribution in [0.2, 0.25) is 0 Å². The zero-order valence-electron chi connectivity index (χ0n) is 13.8. The van der Waals surface area contributed by atoms with E-state index < -0.39 is 0 Å². The highest BCUT2D eigenvalue weighted by Crippen LogP contribution is 2.32. The summed E-state index contributed by atoms with van der Waals surface area (Å²) in [7, 11) is 0. The molecular weight excluding hydrogens is 310 g/mol. The Morgan fingerprint density at radius 2 is 2.04 bits per heavy atom. The number of ether oxygens (including phenoxy) is 2. The molecule has 0 aromatic heterocycles. The summed E-state index contributed by atoms with van der Waals surface area (Å²) in [5.41, 5.74) is 6.10. The third kappa shape index (κ3) is 3.62. The van der Waals surface area contributed by atoms with Crippen molar-refractivity contribution in [2.75, 3.05) is 31.6 Å². The highest BCUT2D eigenvalue weighted by molar-refractivity contribution is 5.94. The van der Waals surface area contributed by atoms with Gasteiger partial charge < -0.3 is 25.4 Å². The number of nitrogens with two attached hydrogens (primary N) is 1. The second-order valence-electron chi connectivity index (χ2n) is 6.42. The van der Waals surface area contributed by atoms with Crippen molar-refractivity contribution in [3.8, 4) is 11.5 Å². The molecule has 1 aromatic rings. The number of fused-ring (bicyclic) bond motifs is 1. The number of piperidine rings is 1. The smallest absolute Gasteiger partial charge is 0.282 e. The molecular formula is C17H24N3O4+. The van der Waals surface area contributed by atoms with E-state index >= 15 is 0 Å². The summed E-state index contributed by atoms with van der Waals surface area (Å²) in [4.78, 5) is 25.0. The van der Waals surface area contributed by atoms with E-state index in [1.165, 1.54) is 0 Å². The third-order valence-electron chi connectivity index (χ3n) is 4.78. The summed E-state index contributed by atoms with van der Waals surface area (Å²) in [6, 6.07) is 5.12. The molecule has 1 unspecified atom stereocenters. The summed E-state index contributed by atoms with van der Waals surface area (Å²) in [6.07, 6.45) is 1.72. The van der Waals surface area contributed by atoms with Crippen LogP contribution in [0, 0.1) is 5.92 Å². The Labute approximate surface area is 141 Å². The van der Waals surface area contributed by atoms with Crippen molar-refractivity contribution in [3.63, 3.8) is 0 Å². The van der Waals surface area contributed by atoms with Crippen LogP contribution in [0.15, 0.2) is 18.2 Å². The quantitative estimate of drug-likeness (QED) is 0.696. The summed E-state index contributed by atoms with van der Waals surface area (Å²) in [6.45, 7) is 4.42. The predicted molar refractivity (Wildman–Crippen MR) is 88.1 cm³/mol. The minimum Gasteiger partial charge on any atom is -0.486 e. The minimum atomic E-state index is -0.272. The first kappa shape index (κ1) is 16.6. The van der Waals surface area contributed by atoms with Gasteiger partial charge in [-0.3, -0.25) is 9.59 Å². The number of quaternary nitrogens is 1. The van der Waals surface area contributed by atoms with Crippen molar-refractivity contribution < 1.29 is 24.0 Å². The Bertz CT molecular complexity index is 634. The van der Waals surface area contributed by atoms with Crippen LogP contribution in [-0.4, -0.2) is 44.2 Å². The van der Waals surface area contributed by atoms with Gasteiger partial charge in [0, 0.05) is 11.8 Å². The zero-order chi connectivity index (χ0) is 17.1. The van der Waals surface area contributed by atoms with Gasteiger partial charge in [-0.2, -0.15) is 0 Å². The average molecular weight is 334 g/mol. The Hall–Kier alpha value is -2.28. The molecule has 2 heterocycles. The van der Waals surface area contributed by atoms with Gasteiger partial charge in [-0.15, -0.1) is 0 Å². The molecule has 1 saturated heterocycles. The van der Waals surface area contributed by atoms with Gasteiger partial charge in [0.15, 0.2) is 17.5 Å². The largest absolute Gasteiger partial charge is 0.486 e. The molecule has 0 radical (unpaired) electrons. The summed E-state index contributed by atoms with van der Waals surface area (Å²) in [5.74, 6) is 0.848. The van der Waals surface area contributed by atoms with Gasteiger partial charge in [-0.25, -0.2) is 0 Å². The maximum atomic E-state index is 12.5. The lowest BCUT2D eigenvalue weighted by atomic mass is 9.96. The standard InChI is InChI=1S/C17H23N3O4/c1-11(20-6-2-3-12(10-20)16(18)21)17(22)19-13-4-5-14-15(9-13)24-8-7-23-14/h4-5,9,11-12H,2-3,6-8,10H2,1H3,(H2,18,21)(H,19,22)/p+1/t11-,12-/m0/s1. The molecule has 4 N–H and O–H groups in total. The minimum absolute atomic E-state index is 0.0770. The van der Waals surface area contributed by atoms with Crippen molar-refractivity contribution in [3.05, 3.63) is 18.2 Å². The fourth-order valence-electron chi connectivity index (χ4n) is 3.29. The van der Waals surface area contributed by atoms with Crippen LogP contribution >= 0.6 is 0 Å². The van der Waals surface area contributed by atoms with Crippen LogP contribution < -0.4 is 25.4 Å². The van der Waals surface area contributed by atoms with E-state index in [1.807, 2.05) is 6.92 Å². The van der Waals surface area contributed by atoms with E-state index in [-0.39, 0.29) is 23.8 Å². The Morgan fingerprint density at radius 3 is 2.79 bits per heavy atom. The van der Waals surface area contributed by atoms with E-state index in [9.17, 15) is 9.59 Å². The molecule has 2 aliphatic heterocycles. The molecule has 2 aliphatic rings. The molecule has 0 saturated carbocycles. The number of likely N-dealkylation sites (tertiary alicyclic amines) is 1. The average Bonchev–Trinajstić information content (AvgIpc) is 2.61. The number of nitrogens with one attached hydrogen (secondary N) is 2. The van der Waals surface area contributed by atoms with Gasteiger partial charge in [0.1, 0.15) is 13.2 Å². The topological polar surface area (TPSA) is 95.1 Å². The van der Waals surface area contributed by atoms with Gasteiger partial charge in [0.05, 0.1) is 19.0 Å². The number of amides is 2. The third-order valence-corrected chi connectivity index (χ3v) is 4.78. The fourth-order valence-corrected chi connectivity index (χ4v) is 3.29. The summed E-state index contributed by atoms with van der Waals surface area (Å²) in [5, 5.41) is 2.92. The number of benzene rings is 1. The molecule has 2 amide bonds. The second-order valence-corrected chi connectivity index (χ2v) is 6.42. The highest BCUT2D eigenvalue weighted by atomic mass is 16.6. The first-order chi connectivity index (χ1) is 11.5. The molecule has 130 valence electrons. The Morgan fingerprint density at radius 1 is 1.29 bits per heavy atom. The number of hydrogen-bond acceptors (Lipinski definition) is 4. The molecule has 0 spiro atoms. The predicted octanol–water partition coefficient (Wildman–Crippen LogP) is -0.435. The van der Waals surface area contributed by atoms with Crippen LogP contribution in [0.25, 0.3) is 0 Å². The van der Waals surface area contributed by atoms with Crippen LogP contribution in [0.4, 0.5) is 5.69 Å². The SMILES string of the molecule is C[C@@H](C(=O)Nc1ccc2c(c1)OCCO2)[NH+]1CCC[C@H](C(N)=O)C1. The number of hydrogen-bond donors (Lipinski definition) is 3. The fraction of sp³-hybridized carbons (Fsp3) is 0.529. The van der Waals surface area contributed by atoms with Gasteiger partial charge in [0.2, 0.25) is 5.91 Å². The van der Waals surface area contributed by atoms with Crippen molar-refractivity contribution in [2.45, 2.75) is 25.8 Å². The number of carbonyl (C=O) groups excluding carboxylic acids is 2. The normalized spacial score (nSPS) is 24.0. The van der Waals surface area contributed by atoms with Crippen molar-refractivity contribution in [2.24, 2.45) is 11.7 Å². The van der Waals surface area contributed by atoms with E-state index in [4.69, 9.17) is 15.2 Å². The Kier molecular flexibility index (Phi) is 4.89. The molecule has 1 aromatic carbocycles. The van der Waals surface area contributed by atoms with Crippen LogP contribution in [-0.2, 0) is 9.59 Å². The van der Waals surface area contributed by atoms with Crippen LogP contribution in [0.3, 0.4) is 0 Å². The molecule has 7 heteroatoms. The molecule has 24 heavy (non-hydrogen) atoms. The molecule has 1 fully saturated rings. The second kappa shape index (κ2) is 7.09. The van der Waals surface area contributed by atoms with E-state index in [2.05, 4.69) is 5.32 Å². The van der Waals surface area contributed by atoms with Gasteiger partial charge in [-0.05, 0) is 31.9 Å². The van der Waals surface area contributed by atoms with Crippen molar-refractivity contribution in [1.82, 2.24) is 0 Å². The maximum absolute atomic E-state index is 12.5. The first-order valence-corrected chi connectivity index (χ1v) is 8.39. The number of anilines is 1. The number of carbonyl (C=O) groups is 2. The molecule has 3 atom stereocenters. The molecule has 7 nitrogen and oxygen atoms in total. The van der Waals surface area contributed by atoms with Crippen LogP contribution in [0.1, 0.15) is 19.8 Å². The van der Waals surface area contributed by atoms with Gasteiger partial charge >= 0.3 is 0 Å². The van der Waals surface area contributed by atoms with Crippen LogP contribution in [0.5, 0.6) is 11.5 Å². The zero-order valence-corrected chi connectivity index (χ0v) is 13.8. The lowest BCUT2D eigenvalue weighted by Gasteiger charge is -2.32. The van der Waals surface area contributed by atoms with Gasteiger partial charge in [0.25, 0.3) is 5.91 Å². The first-order valence-electron chi connectivity index (χ1n) is 8.39. The lowest BCUT2D eigenvalue weighted by molar-refractivity contribution is -0.921. The van der Waals surface area contributed by atoms with E-state index in [0.717, 1.165) is 24.3 Å². The number of rotatable bonds is 4.